The van der Waals surface area contributed by atoms with Crippen LogP contribution in [-0.2, 0) is 4.74 Å². The lowest BCUT2D eigenvalue weighted by Crippen LogP contribution is -2.11. The van der Waals surface area contributed by atoms with Crippen LogP contribution in [0.15, 0.2) is 11.6 Å². The van der Waals surface area contributed by atoms with E-state index in [1.54, 1.807) is 7.11 Å². The van der Waals surface area contributed by atoms with Gasteiger partial charge < -0.3 is 9.64 Å². The molecule has 0 aliphatic carbocycles. The highest BCUT2D eigenvalue weighted by molar-refractivity contribution is 4.99. The van der Waals surface area contributed by atoms with E-state index in [0.717, 1.165) is 13.2 Å². The van der Waals surface area contributed by atoms with Gasteiger partial charge in [0.25, 0.3) is 0 Å². The minimum absolute atomic E-state index is 0.744. The zero-order chi connectivity index (χ0) is 7.98. The van der Waals surface area contributed by atoms with Gasteiger partial charge in [-0.3, -0.25) is 0 Å². The molecule has 2 heteroatoms. The Hall–Kier alpha value is -0.340. The minimum Gasteiger partial charge on any atom is -0.380 e. The van der Waals surface area contributed by atoms with Crippen molar-refractivity contribution in [3.8, 4) is 0 Å². The number of likely N-dealkylation sites (N-methyl/N-ethyl adjacent to an activating group) is 1. The zero-order valence-electron chi connectivity index (χ0n) is 7.35. The van der Waals surface area contributed by atoms with Gasteiger partial charge in [-0.1, -0.05) is 11.6 Å². The van der Waals surface area contributed by atoms with Crippen LogP contribution in [0.25, 0.3) is 0 Å². The average Bonchev–Trinajstić information content (AvgIpc) is 1.85. The molecule has 0 saturated carbocycles. The quantitative estimate of drug-likeness (QED) is 0.547. The highest BCUT2D eigenvalue weighted by Crippen LogP contribution is 1.91. The number of nitrogens with zero attached hydrogens (tertiary/aromatic N) is 1. The van der Waals surface area contributed by atoms with Crippen molar-refractivity contribution in [2.24, 2.45) is 0 Å². The lowest BCUT2D eigenvalue weighted by molar-refractivity contribution is 0.225. The average molecular weight is 143 g/mol. The van der Waals surface area contributed by atoms with Crippen molar-refractivity contribution in [1.82, 2.24) is 4.90 Å². The van der Waals surface area contributed by atoms with Crippen LogP contribution in [0.2, 0.25) is 0 Å². The SMILES string of the molecule is COC/C(C)=C/CN(C)C. The number of methoxy groups -OCH3 is 1. The maximum absolute atomic E-state index is 4.95. The van der Waals surface area contributed by atoms with Crippen LogP contribution in [0.4, 0.5) is 0 Å². The van der Waals surface area contributed by atoms with Crippen LogP contribution < -0.4 is 0 Å². The maximum atomic E-state index is 4.95. The third-order valence-electron chi connectivity index (χ3n) is 1.18. The zero-order valence-corrected chi connectivity index (χ0v) is 7.35. The van der Waals surface area contributed by atoms with Crippen molar-refractivity contribution < 1.29 is 4.74 Å². The van der Waals surface area contributed by atoms with Gasteiger partial charge in [0, 0.05) is 13.7 Å². The first kappa shape index (κ1) is 9.66. The van der Waals surface area contributed by atoms with E-state index >= 15 is 0 Å². The molecular formula is C8H17NO. The summed E-state index contributed by atoms with van der Waals surface area (Å²) in [5, 5.41) is 0. The fourth-order valence-corrected chi connectivity index (χ4v) is 0.625. The van der Waals surface area contributed by atoms with Gasteiger partial charge in [-0.25, -0.2) is 0 Å². The van der Waals surface area contributed by atoms with Gasteiger partial charge in [-0.2, -0.15) is 0 Å². The van der Waals surface area contributed by atoms with E-state index in [0.29, 0.717) is 0 Å². The Bertz CT molecular complexity index is 108. The summed E-state index contributed by atoms with van der Waals surface area (Å²) in [6, 6.07) is 0. The Balaban J connectivity index is 3.47. The fraction of sp³-hybridized carbons (Fsp3) is 0.750. The van der Waals surface area contributed by atoms with Crippen LogP contribution in [0, 0.1) is 0 Å². The second-order valence-corrected chi connectivity index (χ2v) is 2.75. The highest BCUT2D eigenvalue weighted by Gasteiger charge is 1.87. The van der Waals surface area contributed by atoms with Gasteiger partial charge in [0.2, 0.25) is 0 Å². The van der Waals surface area contributed by atoms with Crippen molar-refractivity contribution >= 4 is 0 Å². The summed E-state index contributed by atoms with van der Waals surface area (Å²) in [5.41, 5.74) is 1.29. The lowest BCUT2D eigenvalue weighted by Gasteiger charge is -2.05. The second-order valence-electron chi connectivity index (χ2n) is 2.75. The molecule has 0 spiro atoms. The molecule has 0 atom stereocenters. The summed E-state index contributed by atoms with van der Waals surface area (Å²) in [6.45, 7) is 3.82. The molecule has 2 nitrogen and oxygen atoms in total. The number of ether oxygens (including phenoxy) is 1. The molecule has 0 aromatic rings. The molecule has 0 bridgehead atoms. The van der Waals surface area contributed by atoms with Crippen LogP contribution in [-0.4, -0.2) is 39.3 Å². The first-order valence-corrected chi connectivity index (χ1v) is 3.46. The fourth-order valence-electron chi connectivity index (χ4n) is 0.625. The van der Waals surface area contributed by atoms with Crippen LogP contribution >= 0.6 is 0 Å². The van der Waals surface area contributed by atoms with E-state index in [4.69, 9.17) is 4.74 Å². The topological polar surface area (TPSA) is 12.5 Å². The molecule has 0 fully saturated rings. The van der Waals surface area contributed by atoms with Gasteiger partial charge in [-0.15, -0.1) is 0 Å². The normalized spacial score (nSPS) is 12.7. The van der Waals surface area contributed by atoms with Crippen LogP contribution in [0.1, 0.15) is 6.92 Å². The Morgan fingerprint density at radius 1 is 1.50 bits per heavy atom. The molecule has 0 radical (unpaired) electrons. The molecule has 0 aromatic carbocycles. The van der Waals surface area contributed by atoms with Crippen molar-refractivity contribution in [3.05, 3.63) is 11.6 Å². The van der Waals surface area contributed by atoms with Crippen LogP contribution in [0.5, 0.6) is 0 Å². The van der Waals surface area contributed by atoms with Gasteiger partial charge in [-0.05, 0) is 21.0 Å². The van der Waals surface area contributed by atoms with Gasteiger partial charge in [0.05, 0.1) is 6.61 Å². The number of hydrogen-bond acceptors (Lipinski definition) is 2. The van der Waals surface area contributed by atoms with E-state index in [1.165, 1.54) is 5.57 Å². The van der Waals surface area contributed by atoms with Gasteiger partial charge in [0.1, 0.15) is 0 Å². The number of hydrogen-bond donors (Lipinski definition) is 0. The third-order valence-corrected chi connectivity index (χ3v) is 1.18. The Morgan fingerprint density at radius 3 is 2.50 bits per heavy atom. The molecule has 0 heterocycles. The van der Waals surface area contributed by atoms with Gasteiger partial charge in [0.15, 0.2) is 0 Å². The van der Waals surface area contributed by atoms with Gasteiger partial charge >= 0.3 is 0 Å². The Morgan fingerprint density at radius 2 is 2.10 bits per heavy atom. The molecule has 10 heavy (non-hydrogen) atoms. The molecule has 0 aliphatic heterocycles. The second kappa shape index (κ2) is 5.45. The van der Waals surface area contributed by atoms with Crippen LogP contribution in [0.3, 0.4) is 0 Å². The first-order valence-electron chi connectivity index (χ1n) is 3.46. The molecule has 0 rings (SSSR count). The summed E-state index contributed by atoms with van der Waals surface area (Å²) >= 11 is 0. The van der Waals surface area contributed by atoms with Crippen molar-refractivity contribution in [3.63, 3.8) is 0 Å². The molecule has 0 aliphatic rings. The third kappa shape index (κ3) is 5.79. The molecular weight excluding hydrogens is 126 g/mol. The minimum atomic E-state index is 0.744. The van der Waals surface area contributed by atoms with E-state index in [-0.39, 0.29) is 0 Å². The monoisotopic (exact) mass is 143 g/mol. The summed E-state index contributed by atoms with van der Waals surface area (Å²) in [6.07, 6.45) is 2.17. The predicted molar refractivity (Wildman–Crippen MR) is 44.2 cm³/mol. The van der Waals surface area contributed by atoms with Crippen molar-refractivity contribution in [2.75, 3.05) is 34.4 Å². The van der Waals surface area contributed by atoms with Crippen molar-refractivity contribution in [2.45, 2.75) is 6.92 Å². The molecule has 0 amide bonds. The summed E-state index contributed by atoms with van der Waals surface area (Å²) in [5.74, 6) is 0. The first-order chi connectivity index (χ1) is 4.66. The standard InChI is InChI=1S/C8H17NO/c1-8(7-10-4)5-6-9(2)3/h5H,6-7H2,1-4H3/b8-5+. The number of rotatable bonds is 4. The van der Waals surface area contributed by atoms with E-state index in [1.807, 2.05) is 0 Å². The summed E-state index contributed by atoms with van der Waals surface area (Å²) < 4.78 is 4.95. The molecule has 0 saturated heterocycles. The summed E-state index contributed by atoms with van der Waals surface area (Å²) in [7, 11) is 5.82. The predicted octanol–water partition coefficient (Wildman–Crippen LogP) is 1.14. The Labute approximate surface area is 63.5 Å². The highest BCUT2D eigenvalue weighted by atomic mass is 16.5. The smallest absolute Gasteiger partial charge is 0.0670 e. The Kier molecular flexibility index (Phi) is 5.26. The van der Waals surface area contributed by atoms with Crippen molar-refractivity contribution in [1.29, 1.82) is 0 Å². The summed E-state index contributed by atoms with van der Waals surface area (Å²) in [4.78, 5) is 2.12. The van der Waals surface area contributed by atoms with E-state index < -0.39 is 0 Å². The molecule has 0 unspecified atom stereocenters. The molecule has 60 valence electrons. The lowest BCUT2D eigenvalue weighted by atomic mass is 10.3. The van der Waals surface area contributed by atoms with E-state index in [9.17, 15) is 0 Å². The maximum Gasteiger partial charge on any atom is 0.0670 e. The van der Waals surface area contributed by atoms with E-state index in [2.05, 4.69) is 32.0 Å². The molecule has 0 aromatic heterocycles. The largest absolute Gasteiger partial charge is 0.380 e. The molecule has 0 N–H and O–H groups in total.